The number of aliphatic hydroxyl groups excluding tert-OH is 1. The molecule has 1 aliphatic heterocycles. The van der Waals surface area contributed by atoms with Gasteiger partial charge >= 0.3 is 0 Å². The summed E-state index contributed by atoms with van der Waals surface area (Å²) in [5.41, 5.74) is 3.03. The molecular weight excluding hydrogens is 350 g/mol. The lowest BCUT2D eigenvalue weighted by Crippen LogP contribution is -2.47. The summed E-state index contributed by atoms with van der Waals surface area (Å²) in [6, 6.07) is 11.9. The number of aliphatic hydroxyl groups is 1. The van der Waals surface area contributed by atoms with Crippen LogP contribution in [0.5, 0.6) is 5.75 Å². The van der Waals surface area contributed by atoms with E-state index in [0.717, 1.165) is 60.3 Å². The molecule has 0 atom stereocenters. The van der Waals surface area contributed by atoms with Gasteiger partial charge in [0.25, 0.3) is 0 Å². The van der Waals surface area contributed by atoms with Crippen LogP contribution in [0.4, 0.5) is 5.69 Å². The molecular formula is C20H22ClN3O2. The summed E-state index contributed by atoms with van der Waals surface area (Å²) in [5, 5.41) is 12.1. The van der Waals surface area contributed by atoms with Crippen LogP contribution in [0.1, 0.15) is 0 Å². The Hall–Kier alpha value is -2.08. The van der Waals surface area contributed by atoms with Crippen molar-refractivity contribution in [3.63, 3.8) is 0 Å². The third-order valence-corrected chi connectivity index (χ3v) is 5.25. The van der Waals surface area contributed by atoms with Crippen LogP contribution in [0.2, 0.25) is 5.02 Å². The average Bonchev–Trinajstić information content (AvgIpc) is 2.66. The van der Waals surface area contributed by atoms with Gasteiger partial charge in [-0.25, -0.2) is 4.98 Å². The van der Waals surface area contributed by atoms with Gasteiger partial charge in [0, 0.05) is 48.5 Å². The number of aromatic nitrogens is 1. The predicted molar refractivity (Wildman–Crippen MR) is 107 cm³/mol. The van der Waals surface area contributed by atoms with Crippen molar-refractivity contribution in [3.8, 4) is 5.75 Å². The van der Waals surface area contributed by atoms with Gasteiger partial charge in [0.15, 0.2) is 0 Å². The fourth-order valence-corrected chi connectivity index (χ4v) is 3.85. The number of fused-ring (bicyclic) bond motifs is 2. The van der Waals surface area contributed by atoms with Gasteiger partial charge in [0.2, 0.25) is 0 Å². The van der Waals surface area contributed by atoms with Gasteiger partial charge in [-0.2, -0.15) is 0 Å². The van der Waals surface area contributed by atoms with E-state index in [9.17, 15) is 5.11 Å². The minimum Gasteiger partial charge on any atom is -0.497 e. The molecule has 1 N–H and O–H groups in total. The number of pyridine rings is 1. The number of benzene rings is 2. The predicted octanol–water partition coefficient (Wildman–Crippen LogP) is 3.16. The molecule has 0 aliphatic carbocycles. The standard InChI is InChI=1S/C20H22ClN3O2/c1-26-15-3-5-18-17(13-15)20(16-4-2-14(21)12-19(16)22-18)24-8-6-23(7-9-24)10-11-25/h2-5,12-13,25H,6-11H2,1H3. The summed E-state index contributed by atoms with van der Waals surface area (Å²) in [4.78, 5) is 9.51. The SMILES string of the molecule is COc1ccc2nc3cc(Cl)ccc3c(N3CCN(CCO)CC3)c2c1. The first-order valence-electron chi connectivity index (χ1n) is 8.85. The van der Waals surface area contributed by atoms with Crippen molar-refractivity contribution >= 4 is 39.1 Å². The van der Waals surface area contributed by atoms with Crippen molar-refractivity contribution in [1.29, 1.82) is 0 Å². The van der Waals surface area contributed by atoms with E-state index in [1.807, 2.05) is 24.3 Å². The molecule has 1 saturated heterocycles. The maximum Gasteiger partial charge on any atom is 0.119 e. The van der Waals surface area contributed by atoms with Crippen LogP contribution >= 0.6 is 11.6 Å². The number of rotatable bonds is 4. The molecule has 4 rings (SSSR count). The lowest BCUT2D eigenvalue weighted by atomic mass is 10.1. The largest absolute Gasteiger partial charge is 0.497 e. The monoisotopic (exact) mass is 371 g/mol. The van der Waals surface area contributed by atoms with E-state index in [1.54, 1.807) is 7.11 Å². The zero-order chi connectivity index (χ0) is 18.1. The number of nitrogens with zero attached hydrogens (tertiary/aromatic N) is 3. The minimum absolute atomic E-state index is 0.205. The number of hydrogen-bond donors (Lipinski definition) is 1. The molecule has 2 heterocycles. The second kappa shape index (κ2) is 7.27. The van der Waals surface area contributed by atoms with E-state index in [2.05, 4.69) is 21.9 Å². The van der Waals surface area contributed by atoms with Crippen LogP contribution in [0.3, 0.4) is 0 Å². The quantitative estimate of drug-likeness (QED) is 0.714. The van der Waals surface area contributed by atoms with Crippen LogP contribution < -0.4 is 9.64 Å². The molecule has 1 aromatic heterocycles. The molecule has 0 amide bonds. The number of anilines is 1. The van der Waals surface area contributed by atoms with Crippen molar-refractivity contribution in [2.24, 2.45) is 0 Å². The molecule has 0 radical (unpaired) electrons. The number of β-amino-alcohol motifs (C(OH)–C–C–N with tert-alkyl or cyclic N) is 1. The van der Waals surface area contributed by atoms with Gasteiger partial charge in [-0.1, -0.05) is 11.6 Å². The van der Waals surface area contributed by atoms with Gasteiger partial charge in [0.1, 0.15) is 5.75 Å². The van der Waals surface area contributed by atoms with Crippen molar-refractivity contribution in [2.45, 2.75) is 0 Å². The maximum absolute atomic E-state index is 9.18. The molecule has 1 aliphatic rings. The molecule has 0 unspecified atom stereocenters. The summed E-state index contributed by atoms with van der Waals surface area (Å²) < 4.78 is 5.44. The lowest BCUT2D eigenvalue weighted by molar-refractivity contribution is 0.189. The molecule has 0 saturated carbocycles. The van der Waals surface area contributed by atoms with Gasteiger partial charge in [-0.05, 0) is 36.4 Å². The van der Waals surface area contributed by atoms with E-state index in [0.29, 0.717) is 5.02 Å². The Morgan fingerprint density at radius 3 is 2.58 bits per heavy atom. The van der Waals surface area contributed by atoms with Crippen LogP contribution in [-0.4, -0.2) is 61.4 Å². The summed E-state index contributed by atoms with van der Waals surface area (Å²) in [6.07, 6.45) is 0. The number of piperazine rings is 1. The third kappa shape index (κ3) is 3.18. The number of halogens is 1. The van der Waals surface area contributed by atoms with Gasteiger partial charge in [-0.3, -0.25) is 4.90 Å². The molecule has 2 aromatic carbocycles. The summed E-state index contributed by atoms with van der Waals surface area (Å²) in [6.45, 7) is 4.63. The van der Waals surface area contributed by atoms with Crippen molar-refractivity contribution in [2.75, 3.05) is 51.3 Å². The Kier molecular flexibility index (Phi) is 4.85. The molecule has 136 valence electrons. The fourth-order valence-electron chi connectivity index (χ4n) is 3.68. The minimum atomic E-state index is 0.205. The molecule has 5 nitrogen and oxygen atoms in total. The normalized spacial score (nSPS) is 15.7. The Morgan fingerprint density at radius 1 is 1.04 bits per heavy atom. The second-order valence-corrected chi connectivity index (χ2v) is 6.99. The molecule has 26 heavy (non-hydrogen) atoms. The van der Waals surface area contributed by atoms with Crippen LogP contribution in [0.15, 0.2) is 36.4 Å². The zero-order valence-electron chi connectivity index (χ0n) is 14.8. The molecule has 3 aromatic rings. The van der Waals surface area contributed by atoms with Crippen molar-refractivity contribution in [3.05, 3.63) is 41.4 Å². The third-order valence-electron chi connectivity index (χ3n) is 5.02. The Morgan fingerprint density at radius 2 is 1.85 bits per heavy atom. The second-order valence-electron chi connectivity index (χ2n) is 6.56. The molecule has 6 heteroatoms. The first kappa shape index (κ1) is 17.3. The lowest BCUT2D eigenvalue weighted by Gasteiger charge is -2.36. The summed E-state index contributed by atoms with van der Waals surface area (Å²) in [7, 11) is 1.68. The van der Waals surface area contributed by atoms with E-state index in [1.165, 1.54) is 5.69 Å². The Bertz CT molecular complexity index is 939. The van der Waals surface area contributed by atoms with Crippen LogP contribution in [0.25, 0.3) is 21.8 Å². The summed E-state index contributed by atoms with van der Waals surface area (Å²) in [5.74, 6) is 0.827. The van der Waals surface area contributed by atoms with E-state index >= 15 is 0 Å². The highest BCUT2D eigenvalue weighted by molar-refractivity contribution is 6.31. The summed E-state index contributed by atoms with van der Waals surface area (Å²) >= 11 is 6.21. The molecule has 0 bridgehead atoms. The van der Waals surface area contributed by atoms with Gasteiger partial charge in [0.05, 0.1) is 30.4 Å². The van der Waals surface area contributed by atoms with Crippen molar-refractivity contribution < 1.29 is 9.84 Å². The molecule has 1 fully saturated rings. The van der Waals surface area contributed by atoms with Crippen LogP contribution in [-0.2, 0) is 0 Å². The Labute approximate surface area is 157 Å². The van der Waals surface area contributed by atoms with Crippen molar-refractivity contribution in [1.82, 2.24) is 9.88 Å². The van der Waals surface area contributed by atoms with E-state index < -0.39 is 0 Å². The highest BCUT2D eigenvalue weighted by atomic mass is 35.5. The zero-order valence-corrected chi connectivity index (χ0v) is 15.5. The van der Waals surface area contributed by atoms with Gasteiger partial charge < -0.3 is 14.7 Å². The fraction of sp³-hybridized carbons (Fsp3) is 0.350. The topological polar surface area (TPSA) is 48.8 Å². The number of hydrogen-bond acceptors (Lipinski definition) is 5. The molecule has 0 spiro atoms. The Balaban J connectivity index is 1.86. The highest BCUT2D eigenvalue weighted by Gasteiger charge is 2.21. The van der Waals surface area contributed by atoms with Gasteiger partial charge in [-0.15, -0.1) is 0 Å². The van der Waals surface area contributed by atoms with Crippen LogP contribution in [0, 0.1) is 0 Å². The first-order valence-corrected chi connectivity index (χ1v) is 9.22. The number of methoxy groups -OCH3 is 1. The van der Waals surface area contributed by atoms with E-state index in [-0.39, 0.29) is 6.61 Å². The number of ether oxygens (including phenoxy) is 1. The van der Waals surface area contributed by atoms with E-state index in [4.69, 9.17) is 21.3 Å². The smallest absolute Gasteiger partial charge is 0.119 e. The average molecular weight is 372 g/mol. The highest BCUT2D eigenvalue weighted by Crippen LogP contribution is 2.37. The first-order chi connectivity index (χ1) is 12.7. The maximum atomic E-state index is 9.18.